The number of hydrogen-bond acceptors (Lipinski definition) is 4. The van der Waals surface area contributed by atoms with E-state index >= 15 is 0 Å². The molecule has 0 spiro atoms. The van der Waals surface area contributed by atoms with E-state index < -0.39 is 0 Å². The highest BCUT2D eigenvalue weighted by molar-refractivity contribution is 5.91. The van der Waals surface area contributed by atoms with E-state index in [0.717, 1.165) is 19.6 Å². The molecular formula is C17H25NO3. The zero-order valence-corrected chi connectivity index (χ0v) is 13.4. The van der Waals surface area contributed by atoms with Gasteiger partial charge in [-0.1, -0.05) is 26.0 Å². The molecule has 0 aliphatic carbocycles. The summed E-state index contributed by atoms with van der Waals surface area (Å²) in [7, 11) is 0. The molecule has 0 fully saturated rings. The van der Waals surface area contributed by atoms with Crippen molar-refractivity contribution < 1.29 is 14.3 Å². The third-order valence-electron chi connectivity index (χ3n) is 3.24. The quantitative estimate of drug-likeness (QED) is 0.517. The first-order chi connectivity index (χ1) is 10.1. The van der Waals surface area contributed by atoms with Gasteiger partial charge in [-0.25, -0.2) is 0 Å². The SMILES string of the molecule is C/C=C(/Oc1ccccc1OCCN(CC)CC)C(C)=O. The number of likely N-dealkylation sites (N-methyl/N-ethyl adjacent to an activating group) is 1. The van der Waals surface area contributed by atoms with Crippen LogP contribution in [0, 0.1) is 0 Å². The van der Waals surface area contributed by atoms with Gasteiger partial charge in [0.2, 0.25) is 0 Å². The Bertz CT molecular complexity index is 479. The van der Waals surface area contributed by atoms with E-state index in [1.165, 1.54) is 6.92 Å². The maximum absolute atomic E-state index is 11.4. The number of para-hydroxylation sites is 2. The van der Waals surface area contributed by atoms with Gasteiger partial charge < -0.3 is 14.4 Å². The molecule has 0 bridgehead atoms. The van der Waals surface area contributed by atoms with Gasteiger partial charge in [0.05, 0.1) is 0 Å². The van der Waals surface area contributed by atoms with Crippen molar-refractivity contribution >= 4 is 5.78 Å². The Morgan fingerprint density at radius 2 is 1.81 bits per heavy atom. The third kappa shape index (κ3) is 5.60. The van der Waals surface area contributed by atoms with Crippen LogP contribution in [0.15, 0.2) is 36.1 Å². The molecule has 0 aliphatic heterocycles. The lowest BCUT2D eigenvalue weighted by Crippen LogP contribution is -2.27. The minimum absolute atomic E-state index is 0.101. The molecular weight excluding hydrogens is 266 g/mol. The highest BCUT2D eigenvalue weighted by atomic mass is 16.5. The third-order valence-corrected chi connectivity index (χ3v) is 3.24. The molecule has 116 valence electrons. The molecule has 0 aromatic heterocycles. The number of carbonyl (C=O) groups is 1. The summed E-state index contributed by atoms with van der Waals surface area (Å²) in [6.07, 6.45) is 1.66. The lowest BCUT2D eigenvalue weighted by Gasteiger charge is -2.19. The smallest absolute Gasteiger partial charge is 0.194 e. The fraction of sp³-hybridized carbons (Fsp3) is 0.471. The molecule has 0 aliphatic rings. The normalized spacial score (nSPS) is 11.6. The molecule has 0 amide bonds. The second-order valence-electron chi connectivity index (χ2n) is 4.63. The van der Waals surface area contributed by atoms with Crippen LogP contribution in [-0.2, 0) is 4.79 Å². The van der Waals surface area contributed by atoms with Gasteiger partial charge in [-0.15, -0.1) is 0 Å². The second-order valence-corrected chi connectivity index (χ2v) is 4.63. The number of rotatable bonds is 9. The first-order valence-electron chi connectivity index (χ1n) is 7.41. The minimum Gasteiger partial charge on any atom is -0.488 e. The van der Waals surface area contributed by atoms with Crippen molar-refractivity contribution in [2.24, 2.45) is 0 Å². The highest BCUT2D eigenvalue weighted by Gasteiger charge is 2.10. The van der Waals surface area contributed by atoms with Crippen LogP contribution in [0.5, 0.6) is 11.5 Å². The van der Waals surface area contributed by atoms with Crippen LogP contribution >= 0.6 is 0 Å². The van der Waals surface area contributed by atoms with Crippen molar-refractivity contribution in [3.63, 3.8) is 0 Å². The Balaban J connectivity index is 2.69. The van der Waals surface area contributed by atoms with Crippen LogP contribution in [0.25, 0.3) is 0 Å². The molecule has 1 aromatic rings. The van der Waals surface area contributed by atoms with E-state index in [0.29, 0.717) is 23.9 Å². The lowest BCUT2D eigenvalue weighted by molar-refractivity contribution is -0.115. The van der Waals surface area contributed by atoms with Crippen LogP contribution in [0.3, 0.4) is 0 Å². The van der Waals surface area contributed by atoms with Gasteiger partial charge in [-0.2, -0.15) is 0 Å². The van der Waals surface area contributed by atoms with Gasteiger partial charge in [0.15, 0.2) is 23.0 Å². The molecule has 4 heteroatoms. The van der Waals surface area contributed by atoms with Gasteiger partial charge >= 0.3 is 0 Å². The van der Waals surface area contributed by atoms with E-state index in [9.17, 15) is 4.79 Å². The number of ketones is 1. The van der Waals surface area contributed by atoms with E-state index in [1.807, 2.05) is 18.2 Å². The van der Waals surface area contributed by atoms with Crippen LogP contribution in [0.2, 0.25) is 0 Å². The largest absolute Gasteiger partial charge is 0.488 e. The summed E-state index contributed by atoms with van der Waals surface area (Å²) >= 11 is 0. The summed E-state index contributed by atoms with van der Waals surface area (Å²) in [6, 6.07) is 7.41. The summed E-state index contributed by atoms with van der Waals surface area (Å²) in [5.41, 5.74) is 0. The summed E-state index contributed by atoms with van der Waals surface area (Å²) in [4.78, 5) is 13.7. The lowest BCUT2D eigenvalue weighted by atomic mass is 10.3. The van der Waals surface area contributed by atoms with Crippen LogP contribution in [-0.4, -0.2) is 36.9 Å². The van der Waals surface area contributed by atoms with E-state index in [4.69, 9.17) is 9.47 Å². The van der Waals surface area contributed by atoms with E-state index in [-0.39, 0.29) is 5.78 Å². The van der Waals surface area contributed by atoms with Crippen molar-refractivity contribution in [2.45, 2.75) is 27.7 Å². The average Bonchev–Trinajstić information content (AvgIpc) is 2.50. The Hall–Kier alpha value is -1.81. The molecule has 1 rings (SSSR count). The molecule has 0 saturated carbocycles. The van der Waals surface area contributed by atoms with Crippen LogP contribution in [0.1, 0.15) is 27.7 Å². The van der Waals surface area contributed by atoms with Crippen molar-refractivity contribution in [1.29, 1.82) is 0 Å². The van der Waals surface area contributed by atoms with Crippen LogP contribution in [0.4, 0.5) is 0 Å². The van der Waals surface area contributed by atoms with Gasteiger partial charge in [-0.3, -0.25) is 4.79 Å². The first-order valence-corrected chi connectivity index (χ1v) is 7.41. The summed E-state index contributed by atoms with van der Waals surface area (Å²) in [5, 5.41) is 0. The summed E-state index contributed by atoms with van der Waals surface area (Å²) in [6.45, 7) is 11.0. The summed E-state index contributed by atoms with van der Waals surface area (Å²) in [5.74, 6) is 1.45. The maximum atomic E-state index is 11.4. The van der Waals surface area contributed by atoms with Crippen molar-refractivity contribution in [3.05, 3.63) is 36.1 Å². The zero-order chi connectivity index (χ0) is 15.7. The summed E-state index contributed by atoms with van der Waals surface area (Å²) < 4.78 is 11.4. The monoisotopic (exact) mass is 291 g/mol. The van der Waals surface area contributed by atoms with Crippen molar-refractivity contribution in [3.8, 4) is 11.5 Å². The molecule has 0 N–H and O–H groups in total. The molecule has 0 heterocycles. The van der Waals surface area contributed by atoms with Gasteiger partial charge in [0, 0.05) is 13.5 Å². The fourth-order valence-corrected chi connectivity index (χ4v) is 1.93. The molecule has 1 aromatic carbocycles. The predicted octanol–water partition coefficient (Wildman–Crippen LogP) is 3.28. The number of carbonyl (C=O) groups excluding carboxylic acids is 1. The highest BCUT2D eigenvalue weighted by Crippen LogP contribution is 2.28. The zero-order valence-electron chi connectivity index (χ0n) is 13.4. The van der Waals surface area contributed by atoms with Gasteiger partial charge in [-0.05, 0) is 38.2 Å². The Kier molecular flexibility index (Phi) is 7.54. The topological polar surface area (TPSA) is 38.8 Å². The predicted molar refractivity (Wildman–Crippen MR) is 84.8 cm³/mol. The Morgan fingerprint density at radius 3 is 2.33 bits per heavy atom. The molecule has 0 radical (unpaired) electrons. The number of ether oxygens (including phenoxy) is 2. The maximum Gasteiger partial charge on any atom is 0.194 e. The van der Waals surface area contributed by atoms with Crippen LogP contribution < -0.4 is 9.47 Å². The molecule has 0 unspecified atom stereocenters. The Labute approximate surface area is 127 Å². The van der Waals surface area contributed by atoms with Crippen molar-refractivity contribution in [1.82, 2.24) is 4.90 Å². The number of benzene rings is 1. The number of hydrogen-bond donors (Lipinski definition) is 0. The standard InChI is InChI=1S/C17H25NO3/c1-5-15(14(4)19)21-17-11-9-8-10-16(17)20-13-12-18(6-2)7-3/h5,8-11H,6-7,12-13H2,1-4H3/b15-5+. The number of allylic oxidation sites excluding steroid dienone is 2. The van der Waals surface area contributed by atoms with E-state index in [1.54, 1.807) is 19.1 Å². The van der Waals surface area contributed by atoms with Gasteiger partial charge in [0.1, 0.15) is 6.61 Å². The fourth-order valence-electron chi connectivity index (χ4n) is 1.93. The molecule has 0 atom stereocenters. The Morgan fingerprint density at radius 1 is 1.19 bits per heavy atom. The molecule has 4 nitrogen and oxygen atoms in total. The van der Waals surface area contributed by atoms with Gasteiger partial charge in [0.25, 0.3) is 0 Å². The number of Topliss-reactive ketones (excluding diaryl/α,β-unsaturated/α-hetero) is 1. The first kappa shape index (κ1) is 17.2. The number of nitrogens with zero attached hydrogens (tertiary/aromatic N) is 1. The average molecular weight is 291 g/mol. The minimum atomic E-state index is -0.101. The van der Waals surface area contributed by atoms with E-state index in [2.05, 4.69) is 18.7 Å². The molecule has 21 heavy (non-hydrogen) atoms. The van der Waals surface area contributed by atoms with Crippen molar-refractivity contribution in [2.75, 3.05) is 26.2 Å². The second kappa shape index (κ2) is 9.19. The molecule has 0 saturated heterocycles.